The monoisotopic (exact) mass is 567 g/mol. The second-order valence-electron chi connectivity index (χ2n) is 8.42. The van der Waals surface area contributed by atoms with E-state index >= 15 is 0 Å². The van der Waals surface area contributed by atoms with Crippen molar-refractivity contribution in [2.45, 2.75) is 31.7 Å². The molecule has 2 aromatic rings. The van der Waals surface area contributed by atoms with E-state index in [0.717, 1.165) is 63.6 Å². The summed E-state index contributed by atoms with van der Waals surface area (Å²) < 4.78 is 5.89. The molecule has 8 heteroatoms. The van der Waals surface area contributed by atoms with E-state index < -0.39 is 0 Å². The third-order valence-electron chi connectivity index (χ3n) is 5.83. The number of benzene rings is 2. The van der Waals surface area contributed by atoms with E-state index in [1.165, 1.54) is 10.8 Å². The van der Waals surface area contributed by atoms with E-state index in [9.17, 15) is 4.79 Å². The van der Waals surface area contributed by atoms with Crippen LogP contribution in [0.1, 0.15) is 25.7 Å². The Morgan fingerprint density at radius 3 is 2.58 bits per heavy atom. The highest BCUT2D eigenvalue weighted by atomic mass is 127. The summed E-state index contributed by atoms with van der Waals surface area (Å²) >= 11 is 0. The smallest absolute Gasteiger partial charge is 0.239 e. The van der Waals surface area contributed by atoms with Crippen molar-refractivity contribution in [2.24, 2.45) is 4.99 Å². The van der Waals surface area contributed by atoms with Crippen LogP contribution < -0.4 is 15.4 Å². The predicted octanol–water partition coefficient (Wildman–Crippen LogP) is 3.33. The van der Waals surface area contributed by atoms with Gasteiger partial charge in [0.25, 0.3) is 0 Å². The Bertz CT molecular complexity index is 905. The minimum Gasteiger partial charge on any atom is -0.494 e. The van der Waals surface area contributed by atoms with Gasteiger partial charge in [-0.05, 0) is 55.1 Å². The lowest BCUT2D eigenvalue weighted by Crippen LogP contribution is -2.44. The molecule has 2 aromatic carbocycles. The molecule has 1 heterocycles. The van der Waals surface area contributed by atoms with Crippen molar-refractivity contribution >= 4 is 46.6 Å². The molecule has 2 N–H and O–H groups in total. The minimum absolute atomic E-state index is 0. The van der Waals surface area contributed by atoms with Gasteiger partial charge in [0.05, 0.1) is 12.6 Å². The summed E-state index contributed by atoms with van der Waals surface area (Å²) in [6.45, 7) is 4.20. The zero-order chi connectivity index (χ0) is 22.8. The molecule has 0 saturated carbocycles. The molecule has 33 heavy (non-hydrogen) atoms. The number of likely N-dealkylation sites (tertiary alicyclic amines) is 1. The second kappa shape index (κ2) is 14.2. The number of halogens is 1. The quantitative estimate of drug-likeness (QED) is 0.200. The molecule has 1 atom stereocenters. The molecule has 1 saturated heterocycles. The van der Waals surface area contributed by atoms with E-state index in [1.54, 1.807) is 11.9 Å². The first kappa shape index (κ1) is 27.2. The molecule has 0 bridgehead atoms. The highest BCUT2D eigenvalue weighted by Gasteiger charge is 2.30. The molecule has 1 amide bonds. The van der Waals surface area contributed by atoms with Gasteiger partial charge in [0.2, 0.25) is 5.91 Å². The molecule has 3 rings (SSSR count). The number of fused-ring (bicyclic) bond motifs is 1. The van der Waals surface area contributed by atoms with E-state index in [0.29, 0.717) is 6.61 Å². The average Bonchev–Trinajstić information content (AvgIpc) is 3.27. The standard InChI is InChI=1S/C25H37N5O2.HI/c1-26-25(27-14-7-17-30-16-6-11-23(30)24(31)29(2)3)28-15-8-18-32-22-13-12-20-9-4-5-10-21(20)19-22;/h4-5,9-10,12-13,19,23H,6-8,11,14-18H2,1-3H3,(H2,26,27,28);1H. The Hall–Kier alpha value is -2.07. The highest BCUT2D eigenvalue weighted by Crippen LogP contribution is 2.20. The van der Waals surface area contributed by atoms with Gasteiger partial charge in [-0.1, -0.05) is 30.3 Å². The van der Waals surface area contributed by atoms with E-state index in [2.05, 4.69) is 44.8 Å². The van der Waals surface area contributed by atoms with Gasteiger partial charge in [-0.2, -0.15) is 0 Å². The van der Waals surface area contributed by atoms with Crippen LogP contribution in [-0.4, -0.2) is 81.6 Å². The molecular weight excluding hydrogens is 529 g/mol. The Morgan fingerprint density at radius 1 is 1.12 bits per heavy atom. The lowest BCUT2D eigenvalue weighted by atomic mass is 10.1. The fourth-order valence-electron chi connectivity index (χ4n) is 4.11. The molecule has 1 fully saturated rings. The van der Waals surface area contributed by atoms with Gasteiger partial charge in [0.1, 0.15) is 5.75 Å². The fraction of sp³-hybridized carbons (Fsp3) is 0.520. The minimum atomic E-state index is 0. The molecule has 7 nitrogen and oxygen atoms in total. The number of nitrogens with one attached hydrogen (secondary N) is 2. The molecule has 0 aliphatic carbocycles. The summed E-state index contributed by atoms with van der Waals surface area (Å²) in [6, 6.07) is 14.5. The molecule has 0 spiro atoms. The third kappa shape index (κ3) is 8.33. The van der Waals surface area contributed by atoms with Crippen molar-refractivity contribution in [1.82, 2.24) is 20.4 Å². The van der Waals surface area contributed by atoms with Crippen molar-refractivity contribution in [1.29, 1.82) is 0 Å². The Labute approximate surface area is 215 Å². The number of guanidine groups is 1. The number of likely N-dealkylation sites (N-methyl/N-ethyl adjacent to an activating group) is 1. The van der Waals surface area contributed by atoms with Crippen LogP contribution in [0.4, 0.5) is 0 Å². The van der Waals surface area contributed by atoms with Crippen molar-refractivity contribution in [3.8, 4) is 5.75 Å². The number of ether oxygens (including phenoxy) is 1. The maximum Gasteiger partial charge on any atom is 0.239 e. The van der Waals surface area contributed by atoms with E-state index in [1.807, 2.05) is 32.3 Å². The van der Waals surface area contributed by atoms with Crippen LogP contribution in [0, 0.1) is 0 Å². The van der Waals surface area contributed by atoms with Crippen LogP contribution in [0.25, 0.3) is 10.8 Å². The van der Waals surface area contributed by atoms with E-state index in [-0.39, 0.29) is 35.9 Å². The van der Waals surface area contributed by atoms with Gasteiger partial charge in [-0.3, -0.25) is 14.7 Å². The maximum absolute atomic E-state index is 12.3. The van der Waals surface area contributed by atoms with Crippen molar-refractivity contribution in [2.75, 3.05) is 53.9 Å². The lowest BCUT2D eigenvalue weighted by Gasteiger charge is -2.26. The zero-order valence-electron chi connectivity index (χ0n) is 20.0. The molecule has 0 radical (unpaired) electrons. The first-order chi connectivity index (χ1) is 15.6. The SMILES string of the molecule is CN=C(NCCCOc1ccc2ccccc2c1)NCCCN1CCCC1C(=O)N(C)C.I. The number of hydrogen-bond acceptors (Lipinski definition) is 4. The number of rotatable bonds is 10. The van der Waals surface area contributed by atoms with Gasteiger partial charge >= 0.3 is 0 Å². The number of nitrogens with zero attached hydrogens (tertiary/aromatic N) is 3. The Balaban J connectivity index is 0.00000385. The van der Waals surface area contributed by atoms with E-state index in [4.69, 9.17) is 4.74 Å². The summed E-state index contributed by atoms with van der Waals surface area (Å²) in [5.41, 5.74) is 0. The average molecular weight is 568 g/mol. The van der Waals surface area contributed by atoms with Gasteiger partial charge in [0, 0.05) is 40.8 Å². The third-order valence-corrected chi connectivity index (χ3v) is 5.83. The highest BCUT2D eigenvalue weighted by molar-refractivity contribution is 14.0. The summed E-state index contributed by atoms with van der Waals surface area (Å²) in [5, 5.41) is 9.12. The lowest BCUT2D eigenvalue weighted by molar-refractivity contribution is -0.133. The molecule has 1 unspecified atom stereocenters. The molecule has 182 valence electrons. The van der Waals surface area contributed by atoms with Crippen LogP contribution in [0.2, 0.25) is 0 Å². The van der Waals surface area contributed by atoms with Gasteiger partial charge in [-0.15, -0.1) is 24.0 Å². The fourth-order valence-corrected chi connectivity index (χ4v) is 4.11. The molecule has 1 aliphatic heterocycles. The summed E-state index contributed by atoms with van der Waals surface area (Å²) in [5.74, 6) is 1.93. The Kier molecular flexibility index (Phi) is 11.7. The first-order valence-corrected chi connectivity index (χ1v) is 11.6. The van der Waals surface area contributed by atoms with Gasteiger partial charge < -0.3 is 20.3 Å². The van der Waals surface area contributed by atoms with Crippen molar-refractivity contribution in [3.63, 3.8) is 0 Å². The number of carbonyl (C=O) groups is 1. The second-order valence-corrected chi connectivity index (χ2v) is 8.42. The normalized spacial score (nSPS) is 16.3. The molecular formula is C25H38IN5O2. The van der Waals surface area contributed by atoms with Gasteiger partial charge in [-0.25, -0.2) is 0 Å². The van der Waals surface area contributed by atoms with Crippen LogP contribution in [0.15, 0.2) is 47.5 Å². The van der Waals surface area contributed by atoms with Crippen molar-refractivity contribution in [3.05, 3.63) is 42.5 Å². The zero-order valence-corrected chi connectivity index (χ0v) is 22.4. The number of hydrogen-bond donors (Lipinski definition) is 2. The largest absolute Gasteiger partial charge is 0.494 e. The van der Waals surface area contributed by atoms with Crippen molar-refractivity contribution < 1.29 is 9.53 Å². The summed E-state index contributed by atoms with van der Waals surface area (Å²) in [6.07, 6.45) is 3.93. The number of carbonyl (C=O) groups excluding carboxylic acids is 1. The van der Waals surface area contributed by atoms with Crippen LogP contribution in [-0.2, 0) is 4.79 Å². The first-order valence-electron chi connectivity index (χ1n) is 11.6. The predicted molar refractivity (Wildman–Crippen MR) is 147 cm³/mol. The maximum atomic E-state index is 12.3. The number of aliphatic imine (C=N–C) groups is 1. The summed E-state index contributed by atoms with van der Waals surface area (Å²) in [7, 11) is 5.46. The van der Waals surface area contributed by atoms with Crippen LogP contribution in [0.5, 0.6) is 5.75 Å². The van der Waals surface area contributed by atoms with Crippen LogP contribution in [0.3, 0.4) is 0 Å². The molecule has 1 aliphatic rings. The van der Waals surface area contributed by atoms with Crippen LogP contribution >= 0.6 is 24.0 Å². The number of amides is 1. The Morgan fingerprint density at radius 2 is 1.85 bits per heavy atom. The topological polar surface area (TPSA) is 69.2 Å². The van der Waals surface area contributed by atoms with Gasteiger partial charge in [0.15, 0.2) is 5.96 Å². The molecule has 0 aromatic heterocycles. The summed E-state index contributed by atoms with van der Waals surface area (Å²) in [4.78, 5) is 20.6.